The highest BCUT2D eigenvalue weighted by atomic mass is 35.5. The van der Waals surface area contributed by atoms with E-state index in [0.29, 0.717) is 48.0 Å². The lowest BCUT2D eigenvalue weighted by Gasteiger charge is -2.55. The number of halogens is 2. The maximum absolute atomic E-state index is 14.9. The van der Waals surface area contributed by atoms with Gasteiger partial charge in [-0.15, -0.1) is 12.4 Å². The van der Waals surface area contributed by atoms with Crippen molar-refractivity contribution < 1.29 is 23.7 Å². The van der Waals surface area contributed by atoms with Crippen LogP contribution in [0.15, 0.2) is 30.6 Å². The van der Waals surface area contributed by atoms with E-state index in [4.69, 9.17) is 14.2 Å². The number of aliphatic hydroxyl groups is 1. The van der Waals surface area contributed by atoms with Crippen LogP contribution in [0.25, 0.3) is 11.0 Å². The summed E-state index contributed by atoms with van der Waals surface area (Å²) >= 11 is 0. The zero-order chi connectivity index (χ0) is 24.8. The van der Waals surface area contributed by atoms with E-state index in [1.54, 1.807) is 18.3 Å². The molecule has 0 amide bonds. The summed E-state index contributed by atoms with van der Waals surface area (Å²) in [5.41, 5.74) is 2.23. The fourth-order valence-corrected chi connectivity index (χ4v) is 6.14. The highest BCUT2D eigenvalue weighted by molar-refractivity contribution is 5.85. The van der Waals surface area contributed by atoms with Gasteiger partial charge in [-0.2, -0.15) is 0 Å². The summed E-state index contributed by atoms with van der Waals surface area (Å²) in [6, 6.07) is 5.43. The SMILES string of the molecule is COc1ccc2ncc(F)c(CC(O)C34CCC(NCc5cc6c(cn5)OCCO6)(CC3)CC4)c2n1.Cl. The average molecular weight is 531 g/mol. The molecule has 2 N–H and O–H groups in total. The molecule has 4 heterocycles. The summed E-state index contributed by atoms with van der Waals surface area (Å²) in [7, 11) is 1.53. The predicted octanol–water partition coefficient (Wildman–Crippen LogP) is 4.15. The maximum atomic E-state index is 14.9. The van der Waals surface area contributed by atoms with Crippen molar-refractivity contribution >= 4 is 23.4 Å². The van der Waals surface area contributed by atoms with Crippen molar-refractivity contribution in [3.05, 3.63) is 47.7 Å². The quantitative estimate of drug-likeness (QED) is 0.470. The fourth-order valence-electron chi connectivity index (χ4n) is 6.14. The summed E-state index contributed by atoms with van der Waals surface area (Å²) in [5.74, 6) is 1.42. The average Bonchev–Trinajstić information content (AvgIpc) is 2.94. The van der Waals surface area contributed by atoms with Crippen LogP contribution in [0, 0.1) is 11.2 Å². The van der Waals surface area contributed by atoms with Crippen LogP contribution in [0.4, 0.5) is 4.39 Å². The first-order valence-electron chi connectivity index (χ1n) is 12.7. The first kappa shape index (κ1) is 25.9. The molecule has 2 bridgehead atoms. The third-order valence-electron chi connectivity index (χ3n) is 8.49. The molecule has 8 nitrogen and oxygen atoms in total. The van der Waals surface area contributed by atoms with Crippen molar-refractivity contribution in [3.8, 4) is 17.4 Å². The standard InChI is InChI=1S/C27H31FN4O4.ClH/c1-34-24-3-2-20-25(32-24)18(19(28)15-30-20)13-23(33)26-4-7-27(8-5-26,9-6-26)31-14-17-12-21-22(16-29-17)36-11-10-35-21;/h2-3,12,15-16,23,31,33H,4-11,13-14H2,1H3;1H. The third-order valence-corrected chi connectivity index (χ3v) is 8.49. The van der Waals surface area contributed by atoms with Gasteiger partial charge in [0, 0.05) is 36.2 Å². The minimum atomic E-state index is -0.650. The normalized spacial score (nSPS) is 24.9. The lowest BCUT2D eigenvalue weighted by molar-refractivity contribution is -0.0702. The number of ether oxygens (including phenoxy) is 3. The molecule has 3 saturated carbocycles. The number of aliphatic hydroxyl groups excluding tert-OH is 1. The minimum Gasteiger partial charge on any atom is -0.486 e. The summed E-state index contributed by atoms with van der Waals surface area (Å²) in [6.07, 6.45) is 8.14. The Morgan fingerprint density at radius 3 is 2.51 bits per heavy atom. The van der Waals surface area contributed by atoms with Crippen molar-refractivity contribution in [1.29, 1.82) is 0 Å². The molecule has 3 aliphatic carbocycles. The molecule has 1 aliphatic heterocycles. The molecule has 198 valence electrons. The van der Waals surface area contributed by atoms with Gasteiger partial charge in [0.05, 0.1) is 42.3 Å². The van der Waals surface area contributed by atoms with Gasteiger partial charge in [-0.05, 0) is 50.0 Å². The second kappa shape index (κ2) is 10.2. The summed E-state index contributed by atoms with van der Waals surface area (Å²) in [6.45, 7) is 1.77. The van der Waals surface area contributed by atoms with Crippen LogP contribution in [0.2, 0.25) is 0 Å². The summed E-state index contributed by atoms with van der Waals surface area (Å²) < 4.78 is 31.4. The first-order valence-corrected chi connectivity index (χ1v) is 12.7. The number of fused-ring (bicyclic) bond motifs is 5. The number of hydrogen-bond acceptors (Lipinski definition) is 8. The monoisotopic (exact) mass is 530 g/mol. The van der Waals surface area contributed by atoms with Crippen LogP contribution >= 0.6 is 12.4 Å². The van der Waals surface area contributed by atoms with Crippen molar-refractivity contribution in [1.82, 2.24) is 20.3 Å². The molecule has 0 aromatic carbocycles. The number of nitrogens with one attached hydrogen (secondary N) is 1. The molecule has 3 fully saturated rings. The van der Waals surface area contributed by atoms with Gasteiger partial charge >= 0.3 is 0 Å². The lowest BCUT2D eigenvalue weighted by Crippen LogP contribution is -2.57. The highest BCUT2D eigenvalue weighted by Crippen LogP contribution is 2.54. The Morgan fingerprint density at radius 2 is 1.78 bits per heavy atom. The molecule has 3 aromatic heterocycles. The lowest BCUT2D eigenvalue weighted by atomic mass is 9.54. The number of nitrogens with zero attached hydrogens (tertiary/aromatic N) is 3. The van der Waals surface area contributed by atoms with E-state index >= 15 is 0 Å². The molecule has 1 atom stereocenters. The van der Waals surface area contributed by atoms with Crippen LogP contribution in [0.1, 0.15) is 49.8 Å². The maximum Gasteiger partial charge on any atom is 0.213 e. The largest absolute Gasteiger partial charge is 0.486 e. The Bertz CT molecular complexity index is 1270. The summed E-state index contributed by atoms with van der Waals surface area (Å²) in [5, 5.41) is 15.2. The van der Waals surface area contributed by atoms with Gasteiger partial charge in [-0.25, -0.2) is 9.37 Å². The highest BCUT2D eigenvalue weighted by Gasteiger charge is 2.51. The molecule has 0 radical (unpaired) electrons. The first-order chi connectivity index (χ1) is 17.5. The van der Waals surface area contributed by atoms with Crippen LogP contribution in [0.5, 0.6) is 17.4 Å². The van der Waals surface area contributed by atoms with Crippen molar-refractivity contribution in [2.45, 2.75) is 63.1 Å². The predicted molar refractivity (Wildman–Crippen MR) is 138 cm³/mol. The Hall–Kier alpha value is -2.75. The minimum absolute atomic E-state index is 0. The van der Waals surface area contributed by atoms with Crippen molar-refractivity contribution in [2.24, 2.45) is 5.41 Å². The molecule has 4 aliphatic rings. The number of methoxy groups -OCH3 is 1. The Labute approximate surface area is 221 Å². The van der Waals surface area contributed by atoms with Gasteiger partial charge in [-0.3, -0.25) is 9.97 Å². The molecule has 0 spiro atoms. The second-order valence-electron chi connectivity index (χ2n) is 10.3. The smallest absolute Gasteiger partial charge is 0.213 e. The zero-order valence-corrected chi connectivity index (χ0v) is 21.7. The van der Waals surface area contributed by atoms with E-state index in [0.717, 1.165) is 50.0 Å². The molecular weight excluding hydrogens is 499 g/mol. The second-order valence-corrected chi connectivity index (χ2v) is 10.3. The van der Waals surface area contributed by atoms with Crippen LogP contribution in [0.3, 0.4) is 0 Å². The van der Waals surface area contributed by atoms with E-state index in [1.165, 1.54) is 13.3 Å². The number of hydrogen-bond donors (Lipinski definition) is 2. The van der Waals surface area contributed by atoms with E-state index < -0.39 is 11.9 Å². The fraction of sp³-hybridized carbons (Fsp3) is 0.519. The topological polar surface area (TPSA) is 98.6 Å². The Balaban J connectivity index is 0.00000280. The zero-order valence-electron chi connectivity index (χ0n) is 20.8. The summed E-state index contributed by atoms with van der Waals surface area (Å²) in [4.78, 5) is 13.1. The van der Waals surface area contributed by atoms with Gasteiger partial charge < -0.3 is 24.6 Å². The van der Waals surface area contributed by atoms with Gasteiger partial charge in [0.1, 0.15) is 19.0 Å². The number of aromatic nitrogens is 3. The molecule has 10 heteroatoms. The van der Waals surface area contributed by atoms with Crippen LogP contribution in [-0.4, -0.2) is 52.0 Å². The van der Waals surface area contributed by atoms with Crippen molar-refractivity contribution in [2.75, 3.05) is 20.3 Å². The third kappa shape index (κ3) is 4.80. The molecule has 37 heavy (non-hydrogen) atoms. The Kier molecular flexibility index (Phi) is 7.13. The number of pyridine rings is 3. The van der Waals surface area contributed by atoms with Gasteiger partial charge in [-0.1, -0.05) is 0 Å². The molecule has 1 unspecified atom stereocenters. The van der Waals surface area contributed by atoms with E-state index in [-0.39, 0.29) is 29.8 Å². The van der Waals surface area contributed by atoms with Gasteiger partial charge in [0.15, 0.2) is 11.5 Å². The molecule has 3 aromatic rings. The van der Waals surface area contributed by atoms with Gasteiger partial charge in [0.2, 0.25) is 5.88 Å². The van der Waals surface area contributed by atoms with Crippen LogP contribution < -0.4 is 19.5 Å². The van der Waals surface area contributed by atoms with Crippen molar-refractivity contribution in [3.63, 3.8) is 0 Å². The van der Waals surface area contributed by atoms with Gasteiger partial charge in [0.25, 0.3) is 0 Å². The van der Waals surface area contributed by atoms with E-state index in [9.17, 15) is 9.50 Å². The van der Waals surface area contributed by atoms with E-state index in [2.05, 4.69) is 20.3 Å². The number of rotatable bonds is 7. The molecule has 0 saturated heterocycles. The van der Waals surface area contributed by atoms with E-state index in [1.807, 2.05) is 6.07 Å². The molecule has 7 rings (SSSR count). The van der Waals surface area contributed by atoms with Crippen LogP contribution in [-0.2, 0) is 13.0 Å². The molecular formula is C27H32ClFN4O4. The Morgan fingerprint density at radius 1 is 1.05 bits per heavy atom.